The molecule has 2 atom stereocenters. The molecule has 0 heterocycles. The van der Waals surface area contributed by atoms with Gasteiger partial charge >= 0.3 is 0 Å². The summed E-state index contributed by atoms with van der Waals surface area (Å²) in [7, 11) is 2.05. The lowest BCUT2D eigenvalue weighted by atomic mass is 10.2. The van der Waals surface area contributed by atoms with E-state index in [0.717, 1.165) is 5.69 Å². The first-order valence-electron chi connectivity index (χ1n) is 6.14. The van der Waals surface area contributed by atoms with Crippen LogP contribution < -0.4 is 10.2 Å². The molecule has 1 rings (SSSR count). The van der Waals surface area contributed by atoms with Gasteiger partial charge in [0.1, 0.15) is 0 Å². The number of nitrogens with one attached hydrogen (secondary N) is 1. The molecular formula is C14H22N2OS. The minimum absolute atomic E-state index is 0.0132. The molecule has 0 saturated heterocycles. The highest BCUT2D eigenvalue weighted by atomic mass is 32.2. The van der Waals surface area contributed by atoms with Crippen molar-refractivity contribution in [3.63, 3.8) is 0 Å². The second-order valence-corrected chi connectivity index (χ2v) is 5.60. The first-order valence-corrected chi connectivity index (χ1v) is 7.43. The van der Waals surface area contributed by atoms with Gasteiger partial charge in [0.15, 0.2) is 0 Å². The third kappa shape index (κ3) is 4.26. The standard InChI is InChI=1S/C14H22N2OS/c1-11(10-15-14(17)12(2)18-4)16(3)13-8-6-5-7-9-13/h5-9,11-12H,10H2,1-4H3,(H,15,17)/t11-,12+/m0/s1. The second kappa shape index (κ2) is 7.31. The van der Waals surface area contributed by atoms with Crippen molar-refractivity contribution < 1.29 is 4.79 Å². The number of benzene rings is 1. The molecule has 100 valence electrons. The van der Waals surface area contributed by atoms with Crippen molar-refractivity contribution in [2.75, 3.05) is 24.7 Å². The maximum atomic E-state index is 11.7. The Kier molecular flexibility index (Phi) is 6.05. The molecule has 0 fully saturated rings. The van der Waals surface area contributed by atoms with Crippen molar-refractivity contribution in [1.82, 2.24) is 5.32 Å². The van der Waals surface area contributed by atoms with E-state index < -0.39 is 0 Å². The number of likely N-dealkylation sites (N-methyl/N-ethyl adjacent to an activating group) is 1. The Labute approximate surface area is 114 Å². The molecule has 0 radical (unpaired) electrons. The van der Waals surface area contributed by atoms with Crippen LogP contribution in [0.1, 0.15) is 13.8 Å². The van der Waals surface area contributed by atoms with Crippen LogP contribution in [0.3, 0.4) is 0 Å². The SMILES string of the molecule is CS[C@H](C)C(=O)NC[C@H](C)N(C)c1ccccc1. The predicted octanol–water partition coefficient (Wildman–Crippen LogP) is 2.38. The van der Waals surface area contributed by atoms with Crippen LogP contribution in [0.4, 0.5) is 5.69 Å². The van der Waals surface area contributed by atoms with E-state index in [1.165, 1.54) is 0 Å². The Hall–Kier alpha value is -1.16. The lowest BCUT2D eigenvalue weighted by Gasteiger charge is -2.27. The molecule has 0 bridgehead atoms. The summed E-state index contributed by atoms with van der Waals surface area (Å²) < 4.78 is 0. The van der Waals surface area contributed by atoms with Gasteiger partial charge in [-0.25, -0.2) is 0 Å². The molecule has 0 aliphatic rings. The zero-order valence-electron chi connectivity index (χ0n) is 11.5. The predicted molar refractivity (Wildman–Crippen MR) is 80.3 cm³/mol. The van der Waals surface area contributed by atoms with Gasteiger partial charge in [-0.15, -0.1) is 0 Å². The average Bonchev–Trinajstić information content (AvgIpc) is 2.43. The fraction of sp³-hybridized carbons (Fsp3) is 0.500. The Morgan fingerprint density at radius 1 is 1.33 bits per heavy atom. The average molecular weight is 266 g/mol. The van der Waals surface area contributed by atoms with E-state index in [-0.39, 0.29) is 17.2 Å². The van der Waals surface area contributed by atoms with E-state index in [9.17, 15) is 4.79 Å². The van der Waals surface area contributed by atoms with Crippen LogP contribution >= 0.6 is 11.8 Å². The van der Waals surface area contributed by atoms with Crippen molar-refractivity contribution >= 4 is 23.4 Å². The van der Waals surface area contributed by atoms with Crippen LogP contribution in [-0.4, -0.2) is 37.0 Å². The number of carbonyl (C=O) groups excluding carboxylic acids is 1. The van der Waals surface area contributed by atoms with Crippen molar-refractivity contribution in [1.29, 1.82) is 0 Å². The van der Waals surface area contributed by atoms with E-state index >= 15 is 0 Å². The Balaban J connectivity index is 2.46. The lowest BCUT2D eigenvalue weighted by Crippen LogP contribution is -2.42. The largest absolute Gasteiger partial charge is 0.370 e. The number of rotatable bonds is 6. The van der Waals surface area contributed by atoms with Gasteiger partial charge in [0.25, 0.3) is 0 Å². The van der Waals surface area contributed by atoms with Gasteiger partial charge in [-0.05, 0) is 32.2 Å². The number of amides is 1. The van der Waals surface area contributed by atoms with Gasteiger partial charge in [0.05, 0.1) is 5.25 Å². The van der Waals surface area contributed by atoms with E-state index in [1.54, 1.807) is 11.8 Å². The summed E-state index contributed by atoms with van der Waals surface area (Å²) in [5.74, 6) is 0.107. The molecule has 0 aromatic heterocycles. The normalized spacial score (nSPS) is 13.8. The highest BCUT2D eigenvalue weighted by Crippen LogP contribution is 2.13. The van der Waals surface area contributed by atoms with Gasteiger partial charge in [0, 0.05) is 25.3 Å². The summed E-state index contributed by atoms with van der Waals surface area (Å²) in [5, 5.41) is 3.00. The summed E-state index contributed by atoms with van der Waals surface area (Å²) >= 11 is 1.56. The zero-order chi connectivity index (χ0) is 13.5. The molecule has 1 aromatic rings. The molecule has 0 unspecified atom stereocenters. The molecular weight excluding hydrogens is 244 g/mol. The number of para-hydroxylation sites is 1. The quantitative estimate of drug-likeness (QED) is 0.858. The maximum Gasteiger partial charge on any atom is 0.232 e. The van der Waals surface area contributed by atoms with E-state index in [0.29, 0.717) is 6.54 Å². The number of anilines is 1. The summed E-state index contributed by atoms with van der Waals surface area (Å²) in [6, 6.07) is 10.5. The number of hydrogen-bond acceptors (Lipinski definition) is 3. The summed E-state index contributed by atoms with van der Waals surface area (Å²) in [5.41, 5.74) is 1.16. The summed E-state index contributed by atoms with van der Waals surface area (Å²) in [6.07, 6.45) is 1.95. The maximum absolute atomic E-state index is 11.7. The summed E-state index contributed by atoms with van der Waals surface area (Å²) in [4.78, 5) is 13.9. The van der Waals surface area contributed by atoms with E-state index in [4.69, 9.17) is 0 Å². The molecule has 0 aliphatic carbocycles. The highest BCUT2D eigenvalue weighted by molar-refractivity contribution is 7.99. The van der Waals surface area contributed by atoms with Crippen molar-refractivity contribution in [2.45, 2.75) is 25.1 Å². The Morgan fingerprint density at radius 3 is 2.50 bits per heavy atom. The number of nitrogens with zero attached hydrogens (tertiary/aromatic N) is 1. The monoisotopic (exact) mass is 266 g/mol. The van der Waals surface area contributed by atoms with Crippen molar-refractivity contribution in [3.05, 3.63) is 30.3 Å². The fourth-order valence-corrected chi connectivity index (χ4v) is 1.85. The number of hydrogen-bond donors (Lipinski definition) is 1. The molecule has 0 spiro atoms. The van der Waals surface area contributed by atoms with Crippen LogP contribution in [0.5, 0.6) is 0 Å². The molecule has 0 aliphatic heterocycles. The molecule has 1 aromatic carbocycles. The van der Waals surface area contributed by atoms with Gasteiger partial charge < -0.3 is 10.2 Å². The topological polar surface area (TPSA) is 32.3 Å². The number of thioether (sulfide) groups is 1. The summed E-state index contributed by atoms with van der Waals surface area (Å²) in [6.45, 7) is 4.69. The van der Waals surface area contributed by atoms with Crippen LogP contribution in [0.2, 0.25) is 0 Å². The van der Waals surface area contributed by atoms with Crippen molar-refractivity contribution in [3.8, 4) is 0 Å². The van der Waals surface area contributed by atoms with Crippen LogP contribution in [0.25, 0.3) is 0 Å². The second-order valence-electron chi connectivity index (χ2n) is 4.42. The lowest BCUT2D eigenvalue weighted by molar-refractivity contribution is -0.120. The molecule has 1 N–H and O–H groups in total. The van der Waals surface area contributed by atoms with Gasteiger partial charge in [0.2, 0.25) is 5.91 Å². The minimum Gasteiger partial charge on any atom is -0.370 e. The molecule has 18 heavy (non-hydrogen) atoms. The number of carbonyl (C=O) groups is 1. The Bertz CT molecular complexity index is 369. The first-order chi connectivity index (χ1) is 8.56. The third-order valence-electron chi connectivity index (χ3n) is 3.12. The fourth-order valence-electron chi connectivity index (χ4n) is 1.55. The van der Waals surface area contributed by atoms with Crippen LogP contribution in [0.15, 0.2) is 30.3 Å². The van der Waals surface area contributed by atoms with E-state index in [2.05, 4.69) is 29.3 Å². The van der Waals surface area contributed by atoms with Gasteiger partial charge in [-0.3, -0.25) is 4.79 Å². The highest BCUT2D eigenvalue weighted by Gasteiger charge is 2.14. The van der Waals surface area contributed by atoms with Crippen LogP contribution in [-0.2, 0) is 4.79 Å². The van der Waals surface area contributed by atoms with Gasteiger partial charge in [-0.2, -0.15) is 11.8 Å². The Morgan fingerprint density at radius 2 is 1.94 bits per heavy atom. The van der Waals surface area contributed by atoms with Crippen LogP contribution in [0, 0.1) is 0 Å². The van der Waals surface area contributed by atoms with Crippen molar-refractivity contribution in [2.24, 2.45) is 0 Å². The molecule has 4 heteroatoms. The third-order valence-corrected chi connectivity index (χ3v) is 4.04. The molecule has 3 nitrogen and oxygen atoms in total. The molecule has 1 amide bonds. The van der Waals surface area contributed by atoms with E-state index in [1.807, 2.05) is 38.4 Å². The van der Waals surface area contributed by atoms with Gasteiger partial charge in [-0.1, -0.05) is 18.2 Å². The minimum atomic E-state index is 0.0132. The zero-order valence-corrected chi connectivity index (χ0v) is 12.3. The first kappa shape index (κ1) is 14.9. The smallest absolute Gasteiger partial charge is 0.232 e. The molecule has 0 saturated carbocycles.